The van der Waals surface area contributed by atoms with Gasteiger partial charge in [0.15, 0.2) is 0 Å². The molecule has 2 aliphatic heterocycles. The highest BCUT2D eigenvalue weighted by Gasteiger charge is 2.37. The topological polar surface area (TPSA) is 54.2 Å². The van der Waals surface area contributed by atoms with Crippen LogP contribution in [0.3, 0.4) is 0 Å². The zero-order chi connectivity index (χ0) is 12.7. The van der Waals surface area contributed by atoms with E-state index in [2.05, 4.69) is 20.4 Å². The van der Waals surface area contributed by atoms with Crippen LogP contribution in [0.15, 0.2) is 34.7 Å². The van der Waals surface area contributed by atoms with E-state index in [1.54, 1.807) is 0 Å². The average molecular weight is 256 g/mol. The molecule has 2 saturated heterocycles. The van der Waals surface area contributed by atoms with Crippen molar-refractivity contribution in [2.75, 3.05) is 24.5 Å². The van der Waals surface area contributed by atoms with Crippen LogP contribution in [0.5, 0.6) is 0 Å². The van der Waals surface area contributed by atoms with Crippen molar-refractivity contribution < 1.29 is 4.42 Å². The van der Waals surface area contributed by atoms with Crippen LogP contribution in [-0.2, 0) is 0 Å². The third kappa shape index (κ3) is 1.90. The first-order chi connectivity index (χ1) is 9.40. The molecule has 5 heteroatoms. The molecule has 2 fully saturated rings. The van der Waals surface area contributed by atoms with Gasteiger partial charge >= 0.3 is 6.01 Å². The summed E-state index contributed by atoms with van der Waals surface area (Å²) >= 11 is 0. The van der Waals surface area contributed by atoms with E-state index in [1.165, 1.54) is 6.42 Å². The van der Waals surface area contributed by atoms with Gasteiger partial charge in [0.1, 0.15) is 0 Å². The van der Waals surface area contributed by atoms with Crippen molar-refractivity contribution >= 4 is 6.01 Å². The van der Waals surface area contributed by atoms with Crippen molar-refractivity contribution in [3.63, 3.8) is 0 Å². The maximum absolute atomic E-state index is 5.79. The van der Waals surface area contributed by atoms with Gasteiger partial charge in [-0.25, -0.2) is 0 Å². The van der Waals surface area contributed by atoms with Gasteiger partial charge in [0.05, 0.1) is 0 Å². The highest BCUT2D eigenvalue weighted by Crippen LogP contribution is 2.29. The van der Waals surface area contributed by atoms with Crippen molar-refractivity contribution in [2.24, 2.45) is 5.92 Å². The number of fused-ring (bicyclic) bond motifs is 1. The lowest BCUT2D eigenvalue weighted by Crippen LogP contribution is -2.30. The van der Waals surface area contributed by atoms with Crippen LogP contribution in [-0.4, -0.2) is 35.9 Å². The number of nitrogens with one attached hydrogen (secondary N) is 1. The second-order valence-electron chi connectivity index (χ2n) is 5.27. The number of hydrogen-bond acceptors (Lipinski definition) is 5. The van der Waals surface area contributed by atoms with Gasteiger partial charge in [0.25, 0.3) is 0 Å². The maximum atomic E-state index is 5.79. The first kappa shape index (κ1) is 11.0. The summed E-state index contributed by atoms with van der Waals surface area (Å²) in [7, 11) is 0. The third-order valence-electron chi connectivity index (χ3n) is 4.07. The SMILES string of the molecule is c1ccc(-c2nnc(N3C[C@H]4CCN[C@H]4C3)o2)cc1. The van der Waals surface area contributed by atoms with Crippen LogP contribution >= 0.6 is 0 Å². The monoisotopic (exact) mass is 256 g/mol. The van der Waals surface area contributed by atoms with E-state index in [0.717, 1.165) is 31.1 Å². The fraction of sp³-hybridized carbons (Fsp3) is 0.429. The fourth-order valence-corrected chi connectivity index (χ4v) is 3.05. The molecule has 1 N–H and O–H groups in total. The summed E-state index contributed by atoms with van der Waals surface area (Å²) in [5, 5.41) is 11.9. The molecule has 2 aliphatic rings. The fourth-order valence-electron chi connectivity index (χ4n) is 3.05. The molecular formula is C14H16N4O. The van der Waals surface area contributed by atoms with E-state index in [4.69, 9.17) is 4.42 Å². The van der Waals surface area contributed by atoms with Crippen molar-refractivity contribution in [1.29, 1.82) is 0 Å². The lowest BCUT2D eigenvalue weighted by Gasteiger charge is -2.13. The molecule has 5 nitrogen and oxygen atoms in total. The molecule has 2 atom stereocenters. The Morgan fingerprint density at radius 1 is 1.16 bits per heavy atom. The van der Waals surface area contributed by atoms with Crippen molar-refractivity contribution in [3.8, 4) is 11.5 Å². The Kier molecular flexibility index (Phi) is 2.51. The van der Waals surface area contributed by atoms with Gasteiger partial charge in [-0.2, -0.15) is 0 Å². The van der Waals surface area contributed by atoms with Gasteiger partial charge in [0, 0.05) is 24.7 Å². The Morgan fingerprint density at radius 3 is 2.89 bits per heavy atom. The summed E-state index contributed by atoms with van der Waals surface area (Å²) < 4.78 is 5.79. The highest BCUT2D eigenvalue weighted by molar-refractivity contribution is 5.53. The Balaban J connectivity index is 1.56. The molecular weight excluding hydrogens is 240 g/mol. The Morgan fingerprint density at radius 2 is 2.05 bits per heavy atom. The predicted molar refractivity (Wildman–Crippen MR) is 71.8 cm³/mol. The quantitative estimate of drug-likeness (QED) is 0.883. The summed E-state index contributed by atoms with van der Waals surface area (Å²) in [6, 6.07) is 11.1. The van der Waals surface area contributed by atoms with Crippen LogP contribution in [0, 0.1) is 5.92 Å². The molecule has 1 aromatic carbocycles. The van der Waals surface area contributed by atoms with Gasteiger partial charge in [0.2, 0.25) is 5.89 Å². The van der Waals surface area contributed by atoms with E-state index >= 15 is 0 Å². The maximum Gasteiger partial charge on any atom is 0.318 e. The van der Waals surface area contributed by atoms with Gasteiger partial charge in [-0.15, -0.1) is 5.10 Å². The van der Waals surface area contributed by atoms with Gasteiger partial charge < -0.3 is 14.6 Å². The molecule has 0 saturated carbocycles. The summed E-state index contributed by atoms with van der Waals surface area (Å²) in [6.45, 7) is 3.14. The second-order valence-corrected chi connectivity index (χ2v) is 5.27. The smallest absolute Gasteiger partial charge is 0.318 e. The molecule has 0 unspecified atom stereocenters. The molecule has 0 bridgehead atoms. The largest absolute Gasteiger partial charge is 0.403 e. The van der Waals surface area contributed by atoms with Crippen LogP contribution in [0.25, 0.3) is 11.5 Å². The van der Waals surface area contributed by atoms with E-state index < -0.39 is 0 Å². The molecule has 4 rings (SSSR count). The number of aromatic nitrogens is 2. The van der Waals surface area contributed by atoms with Gasteiger partial charge in [-0.05, 0) is 31.0 Å². The normalized spacial score (nSPS) is 25.8. The lowest BCUT2D eigenvalue weighted by molar-refractivity contribution is 0.547. The van der Waals surface area contributed by atoms with E-state index in [1.807, 2.05) is 30.3 Å². The van der Waals surface area contributed by atoms with Crippen molar-refractivity contribution in [3.05, 3.63) is 30.3 Å². The molecule has 19 heavy (non-hydrogen) atoms. The second kappa shape index (κ2) is 4.35. The molecule has 0 radical (unpaired) electrons. The van der Waals surface area contributed by atoms with E-state index in [-0.39, 0.29) is 0 Å². The van der Waals surface area contributed by atoms with Crippen LogP contribution in [0.2, 0.25) is 0 Å². The summed E-state index contributed by atoms with van der Waals surface area (Å²) in [5.74, 6) is 1.33. The van der Waals surface area contributed by atoms with Gasteiger partial charge in [-0.1, -0.05) is 23.3 Å². The first-order valence-electron chi connectivity index (χ1n) is 6.77. The number of anilines is 1. The number of benzene rings is 1. The van der Waals surface area contributed by atoms with Gasteiger partial charge in [-0.3, -0.25) is 0 Å². The molecule has 2 aromatic rings. The number of nitrogens with zero attached hydrogens (tertiary/aromatic N) is 3. The average Bonchev–Trinajstić information content (AvgIpc) is 3.14. The number of rotatable bonds is 2. The Bertz CT molecular complexity index is 556. The lowest BCUT2D eigenvalue weighted by atomic mass is 10.1. The Labute approximate surface area is 111 Å². The highest BCUT2D eigenvalue weighted by atomic mass is 16.4. The zero-order valence-corrected chi connectivity index (χ0v) is 10.6. The zero-order valence-electron chi connectivity index (χ0n) is 10.6. The van der Waals surface area contributed by atoms with E-state index in [0.29, 0.717) is 17.9 Å². The molecule has 0 aliphatic carbocycles. The van der Waals surface area contributed by atoms with Crippen LogP contribution in [0.1, 0.15) is 6.42 Å². The third-order valence-corrected chi connectivity index (χ3v) is 4.07. The van der Waals surface area contributed by atoms with Crippen LogP contribution < -0.4 is 10.2 Å². The van der Waals surface area contributed by atoms with Crippen molar-refractivity contribution in [1.82, 2.24) is 15.5 Å². The number of hydrogen-bond donors (Lipinski definition) is 1. The molecule has 3 heterocycles. The molecule has 98 valence electrons. The Hall–Kier alpha value is -1.88. The summed E-state index contributed by atoms with van der Waals surface area (Å²) in [5.41, 5.74) is 0.971. The molecule has 0 amide bonds. The molecule has 1 aromatic heterocycles. The predicted octanol–water partition coefficient (Wildman–Crippen LogP) is 1.53. The summed E-state index contributed by atoms with van der Waals surface area (Å²) in [6.07, 6.45) is 1.25. The summed E-state index contributed by atoms with van der Waals surface area (Å²) in [4.78, 5) is 2.20. The molecule has 0 spiro atoms. The minimum atomic E-state index is 0.590. The van der Waals surface area contributed by atoms with E-state index in [9.17, 15) is 0 Å². The standard InChI is InChI=1S/C14H16N4O/c1-2-4-10(5-3-1)13-16-17-14(19-13)18-8-11-6-7-15-12(11)9-18/h1-5,11-12,15H,6-9H2/t11-,12+/m1/s1. The minimum Gasteiger partial charge on any atom is -0.403 e. The van der Waals surface area contributed by atoms with Crippen molar-refractivity contribution in [2.45, 2.75) is 12.5 Å². The minimum absolute atomic E-state index is 0.590. The van der Waals surface area contributed by atoms with Crippen LogP contribution in [0.4, 0.5) is 6.01 Å². The first-order valence-corrected chi connectivity index (χ1v) is 6.77.